The molecule has 0 saturated carbocycles. The molecule has 0 radical (unpaired) electrons. The van der Waals surface area contributed by atoms with Gasteiger partial charge in [-0.3, -0.25) is 14.5 Å². The van der Waals surface area contributed by atoms with Crippen molar-refractivity contribution in [1.29, 1.82) is 0 Å². The van der Waals surface area contributed by atoms with Gasteiger partial charge in [-0.1, -0.05) is 13.0 Å². The van der Waals surface area contributed by atoms with E-state index in [2.05, 4.69) is 15.3 Å². The number of carbonyl (C=O) groups excluding carboxylic acids is 2. The first-order valence-corrected chi connectivity index (χ1v) is 9.56. The Morgan fingerprint density at radius 2 is 1.83 bits per heavy atom. The van der Waals surface area contributed by atoms with Gasteiger partial charge < -0.3 is 14.8 Å². The van der Waals surface area contributed by atoms with Crippen LogP contribution in [0.5, 0.6) is 17.4 Å². The van der Waals surface area contributed by atoms with Crippen molar-refractivity contribution in [2.24, 2.45) is 0 Å². The molecule has 1 N–H and O–H groups in total. The number of nitrogens with one attached hydrogen (secondary N) is 1. The Hall–Kier alpha value is -3.94. The van der Waals surface area contributed by atoms with E-state index in [0.717, 1.165) is 0 Å². The van der Waals surface area contributed by atoms with Crippen LogP contribution in [0.2, 0.25) is 0 Å². The highest BCUT2D eigenvalue weighted by Gasteiger charge is 2.33. The van der Waals surface area contributed by atoms with Gasteiger partial charge in [0, 0.05) is 18.5 Å². The van der Waals surface area contributed by atoms with E-state index >= 15 is 0 Å². The number of anilines is 2. The van der Waals surface area contributed by atoms with Crippen molar-refractivity contribution in [2.75, 3.05) is 16.8 Å². The van der Waals surface area contributed by atoms with Crippen molar-refractivity contribution >= 4 is 23.3 Å². The number of hydrogen-bond acceptors (Lipinski definition) is 6. The molecule has 1 aliphatic heterocycles. The van der Waals surface area contributed by atoms with Crippen LogP contribution in [-0.2, 0) is 9.59 Å². The van der Waals surface area contributed by atoms with E-state index in [4.69, 9.17) is 9.47 Å². The van der Waals surface area contributed by atoms with Crippen LogP contribution in [0.1, 0.15) is 13.3 Å². The van der Waals surface area contributed by atoms with Crippen LogP contribution >= 0.6 is 0 Å². The van der Waals surface area contributed by atoms with Crippen molar-refractivity contribution < 1.29 is 19.1 Å². The van der Waals surface area contributed by atoms with Crippen LogP contribution in [0, 0.1) is 0 Å². The van der Waals surface area contributed by atoms with Gasteiger partial charge in [-0.25, -0.2) is 9.97 Å². The van der Waals surface area contributed by atoms with Crippen molar-refractivity contribution in [3.63, 3.8) is 0 Å². The largest absolute Gasteiger partial charge is 0.481 e. The molecule has 0 bridgehead atoms. The predicted molar refractivity (Wildman–Crippen MR) is 111 cm³/mol. The molecule has 2 amide bonds. The van der Waals surface area contributed by atoms with Gasteiger partial charge in [0.25, 0.3) is 5.91 Å². The topological polar surface area (TPSA) is 93.7 Å². The molecule has 2 aromatic heterocycles. The Kier molecular flexibility index (Phi) is 5.56. The first-order valence-electron chi connectivity index (χ1n) is 9.56. The van der Waals surface area contributed by atoms with E-state index < -0.39 is 6.10 Å². The quantitative estimate of drug-likeness (QED) is 0.677. The summed E-state index contributed by atoms with van der Waals surface area (Å²) >= 11 is 0. The lowest BCUT2D eigenvalue weighted by atomic mass is 10.2. The van der Waals surface area contributed by atoms with Gasteiger partial charge in [-0.2, -0.15) is 0 Å². The maximum absolute atomic E-state index is 13.1. The highest BCUT2D eigenvalue weighted by Crippen LogP contribution is 2.28. The Labute approximate surface area is 173 Å². The molecular weight excluding hydrogens is 384 g/mol. The van der Waals surface area contributed by atoms with E-state index in [1.54, 1.807) is 54.9 Å². The van der Waals surface area contributed by atoms with Gasteiger partial charge in [0.2, 0.25) is 11.8 Å². The number of aromatic nitrogens is 2. The molecule has 0 spiro atoms. The standard InChI is InChI=1S/C22H20N4O4/c1-2-18(22(28)26-14-19(27)25-17-6-5-13-24-21(17)26)29-15-8-10-16(11-9-15)30-20-7-3-4-12-23-20/h3-13,18H,2,14H2,1H3,(H,25,27). The third-order valence-corrected chi connectivity index (χ3v) is 4.49. The maximum Gasteiger partial charge on any atom is 0.269 e. The van der Waals surface area contributed by atoms with Crippen LogP contribution in [0.25, 0.3) is 0 Å². The molecule has 1 aromatic carbocycles. The lowest BCUT2D eigenvalue weighted by Gasteiger charge is -2.30. The molecule has 30 heavy (non-hydrogen) atoms. The van der Waals surface area contributed by atoms with Crippen LogP contribution in [-0.4, -0.2) is 34.4 Å². The summed E-state index contributed by atoms with van der Waals surface area (Å²) in [5.74, 6) is 1.44. The second-order valence-corrected chi connectivity index (χ2v) is 6.60. The molecule has 4 rings (SSSR count). The van der Waals surface area contributed by atoms with Gasteiger partial charge in [0.05, 0.1) is 5.69 Å². The van der Waals surface area contributed by atoms with Gasteiger partial charge in [-0.05, 0) is 48.9 Å². The molecule has 8 heteroatoms. The Morgan fingerprint density at radius 3 is 2.57 bits per heavy atom. The highest BCUT2D eigenvalue weighted by molar-refractivity contribution is 6.10. The minimum atomic E-state index is -0.756. The molecule has 8 nitrogen and oxygen atoms in total. The molecule has 3 heterocycles. The summed E-state index contributed by atoms with van der Waals surface area (Å²) in [5, 5.41) is 2.72. The molecule has 3 aromatic rings. The van der Waals surface area contributed by atoms with Crippen LogP contribution in [0.3, 0.4) is 0 Å². The zero-order valence-corrected chi connectivity index (χ0v) is 16.3. The zero-order valence-electron chi connectivity index (χ0n) is 16.3. The van der Waals surface area contributed by atoms with Gasteiger partial charge in [-0.15, -0.1) is 0 Å². The number of amides is 2. The summed E-state index contributed by atoms with van der Waals surface area (Å²) in [6.45, 7) is 1.75. The van der Waals surface area contributed by atoms with Crippen molar-refractivity contribution in [2.45, 2.75) is 19.4 Å². The number of hydrogen-bond donors (Lipinski definition) is 1. The molecule has 0 fully saturated rings. The summed E-state index contributed by atoms with van der Waals surface area (Å²) in [6, 6.07) is 15.8. The lowest BCUT2D eigenvalue weighted by molar-refractivity contribution is -0.127. The maximum atomic E-state index is 13.1. The fourth-order valence-corrected chi connectivity index (χ4v) is 3.06. The number of rotatable bonds is 6. The summed E-state index contributed by atoms with van der Waals surface area (Å²) in [6.07, 6.45) is 2.91. The highest BCUT2D eigenvalue weighted by atomic mass is 16.5. The minimum Gasteiger partial charge on any atom is -0.481 e. The smallest absolute Gasteiger partial charge is 0.269 e. The van der Waals surface area contributed by atoms with Gasteiger partial charge in [0.1, 0.15) is 18.0 Å². The summed E-state index contributed by atoms with van der Waals surface area (Å²) in [7, 11) is 0. The predicted octanol–water partition coefficient (Wildman–Crippen LogP) is 3.41. The van der Waals surface area contributed by atoms with E-state index in [1.807, 2.05) is 19.1 Å². The molecule has 152 valence electrons. The third-order valence-electron chi connectivity index (χ3n) is 4.49. The first kappa shape index (κ1) is 19.4. The van der Waals surface area contributed by atoms with E-state index in [1.165, 1.54) is 4.90 Å². The van der Waals surface area contributed by atoms with E-state index in [9.17, 15) is 9.59 Å². The molecule has 0 saturated heterocycles. The molecule has 1 aliphatic rings. The third kappa shape index (κ3) is 4.22. The van der Waals surface area contributed by atoms with Crippen LogP contribution < -0.4 is 19.7 Å². The normalized spacial score (nSPS) is 13.8. The fraction of sp³-hybridized carbons (Fsp3) is 0.182. The lowest BCUT2D eigenvalue weighted by Crippen LogP contribution is -2.48. The first-order chi connectivity index (χ1) is 14.6. The van der Waals surface area contributed by atoms with Crippen molar-refractivity contribution in [1.82, 2.24) is 9.97 Å². The SMILES string of the molecule is CCC(Oc1ccc(Oc2ccccn2)cc1)C(=O)N1CC(=O)Nc2cccnc21. The van der Waals surface area contributed by atoms with Crippen LogP contribution in [0.15, 0.2) is 67.0 Å². The molecule has 1 atom stereocenters. The Bertz CT molecular complexity index is 1040. The summed E-state index contributed by atoms with van der Waals surface area (Å²) in [5.41, 5.74) is 0.507. The second-order valence-electron chi connectivity index (χ2n) is 6.60. The number of fused-ring (bicyclic) bond motifs is 1. The average molecular weight is 404 g/mol. The molecular formula is C22H20N4O4. The zero-order chi connectivity index (χ0) is 20.9. The average Bonchev–Trinajstić information content (AvgIpc) is 2.78. The number of benzene rings is 1. The summed E-state index contributed by atoms with van der Waals surface area (Å²) < 4.78 is 11.6. The number of carbonyl (C=O) groups is 2. The Balaban J connectivity index is 1.47. The van der Waals surface area contributed by atoms with E-state index in [0.29, 0.717) is 35.3 Å². The summed E-state index contributed by atoms with van der Waals surface area (Å²) in [4.78, 5) is 34.8. The number of ether oxygens (including phenoxy) is 2. The van der Waals surface area contributed by atoms with Crippen molar-refractivity contribution in [3.05, 3.63) is 67.0 Å². The van der Waals surface area contributed by atoms with Gasteiger partial charge in [0.15, 0.2) is 11.9 Å². The van der Waals surface area contributed by atoms with E-state index in [-0.39, 0.29) is 18.4 Å². The Morgan fingerprint density at radius 1 is 1.07 bits per heavy atom. The fourth-order valence-electron chi connectivity index (χ4n) is 3.06. The van der Waals surface area contributed by atoms with Crippen molar-refractivity contribution in [3.8, 4) is 17.4 Å². The van der Waals surface area contributed by atoms with Crippen LogP contribution in [0.4, 0.5) is 11.5 Å². The molecule has 0 aliphatic carbocycles. The van der Waals surface area contributed by atoms with Gasteiger partial charge >= 0.3 is 0 Å². The minimum absolute atomic E-state index is 0.0977. The molecule has 1 unspecified atom stereocenters. The number of nitrogens with zero attached hydrogens (tertiary/aromatic N) is 3. The number of pyridine rings is 2. The monoisotopic (exact) mass is 404 g/mol. The second kappa shape index (κ2) is 8.60.